The first-order valence-electron chi connectivity index (χ1n) is 4.71. The van der Waals surface area contributed by atoms with Gasteiger partial charge in [0.05, 0.1) is 0 Å². The number of rotatable bonds is 5. The largest absolute Gasteiger partial charge is 0.477 e. The van der Waals surface area contributed by atoms with E-state index in [9.17, 15) is 35.2 Å². The summed E-state index contributed by atoms with van der Waals surface area (Å²) >= 11 is 0. The number of carbonyl (C=O) groups is 1. The molecule has 0 bridgehead atoms. The van der Waals surface area contributed by atoms with E-state index >= 15 is 0 Å². The van der Waals surface area contributed by atoms with Gasteiger partial charge in [0, 0.05) is 0 Å². The SMILES string of the molecule is O=C(O)c1c(F)ccc(S(=O)(=O)NC(F)(F)CF)c1F. The Balaban J connectivity index is 3.41. The summed E-state index contributed by atoms with van der Waals surface area (Å²) in [4.78, 5) is 9.02. The number of halogens is 5. The van der Waals surface area contributed by atoms with Gasteiger partial charge < -0.3 is 5.11 Å². The van der Waals surface area contributed by atoms with E-state index in [1.165, 1.54) is 0 Å². The number of alkyl halides is 3. The minimum absolute atomic E-state index is 0.244. The topological polar surface area (TPSA) is 83.5 Å². The summed E-state index contributed by atoms with van der Waals surface area (Å²) in [5, 5.41) is 8.51. The second kappa shape index (κ2) is 5.32. The fraction of sp³-hybridized carbons (Fsp3) is 0.222. The van der Waals surface area contributed by atoms with Crippen molar-refractivity contribution in [3.05, 3.63) is 29.3 Å². The smallest absolute Gasteiger partial charge is 0.343 e. The summed E-state index contributed by atoms with van der Waals surface area (Å²) < 4.78 is 87.1. The molecule has 0 spiro atoms. The first kappa shape index (κ1) is 16.3. The Labute approximate surface area is 109 Å². The average Bonchev–Trinajstić information content (AvgIpc) is 2.26. The third-order valence-electron chi connectivity index (χ3n) is 2.01. The van der Waals surface area contributed by atoms with Crippen LogP contribution in [0.15, 0.2) is 17.0 Å². The molecular weight excluding hydrogens is 313 g/mol. The molecule has 0 saturated carbocycles. The number of aromatic carboxylic acids is 1. The van der Waals surface area contributed by atoms with Crippen LogP contribution in [0.3, 0.4) is 0 Å². The van der Waals surface area contributed by atoms with E-state index in [2.05, 4.69) is 0 Å². The third-order valence-corrected chi connectivity index (χ3v) is 3.47. The molecule has 0 heterocycles. The molecule has 5 nitrogen and oxygen atoms in total. The average molecular weight is 319 g/mol. The fourth-order valence-corrected chi connectivity index (χ4v) is 2.36. The van der Waals surface area contributed by atoms with E-state index in [0.29, 0.717) is 4.72 Å². The molecule has 11 heteroatoms. The van der Waals surface area contributed by atoms with Crippen LogP contribution in [0, 0.1) is 11.6 Å². The maximum Gasteiger partial charge on any atom is 0.343 e. The van der Waals surface area contributed by atoms with Crippen molar-refractivity contribution in [2.45, 2.75) is 10.9 Å². The van der Waals surface area contributed by atoms with Crippen LogP contribution in [0.1, 0.15) is 10.4 Å². The third kappa shape index (κ3) is 3.22. The van der Waals surface area contributed by atoms with Crippen LogP contribution in [0.4, 0.5) is 22.0 Å². The van der Waals surface area contributed by atoms with E-state index in [1.54, 1.807) is 0 Å². The van der Waals surface area contributed by atoms with Crippen molar-refractivity contribution >= 4 is 16.0 Å². The molecule has 0 aliphatic heterocycles. The first-order valence-corrected chi connectivity index (χ1v) is 6.19. The summed E-state index contributed by atoms with van der Waals surface area (Å²) in [5.41, 5.74) is -1.63. The van der Waals surface area contributed by atoms with Crippen molar-refractivity contribution in [3.63, 3.8) is 0 Å². The number of hydrogen-bond acceptors (Lipinski definition) is 3. The summed E-state index contributed by atoms with van der Waals surface area (Å²) in [7, 11) is -5.28. The molecule has 0 atom stereocenters. The van der Waals surface area contributed by atoms with Crippen LogP contribution in [0.25, 0.3) is 0 Å². The molecule has 0 amide bonds. The number of nitrogens with one attached hydrogen (secondary N) is 1. The molecule has 2 N–H and O–H groups in total. The molecule has 20 heavy (non-hydrogen) atoms. The van der Waals surface area contributed by atoms with Gasteiger partial charge >= 0.3 is 12.0 Å². The molecule has 0 aromatic heterocycles. The maximum absolute atomic E-state index is 13.6. The van der Waals surface area contributed by atoms with Gasteiger partial charge in [-0.1, -0.05) is 0 Å². The monoisotopic (exact) mass is 319 g/mol. The van der Waals surface area contributed by atoms with Crippen molar-refractivity contribution in [2.75, 3.05) is 6.67 Å². The quantitative estimate of drug-likeness (QED) is 0.636. The highest BCUT2D eigenvalue weighted by Crippen LogP contribution is 2.23. The molecule has 112 valence electrons. The Morgan fingerprint density at radius 1 is 1.30 bits per heavy atom. The van der Waals surface area contributed by atoms with Crippen LogP contribution in [0.2, 0.25) is 0 Å². The van der Waals surface area contributed by atoms with Gasteiger partial charge in [-0.25, -0.2) is 26.4 Å². The van der Waals surface area contributed by atoms with Crippen molar-refractivity contribution in [3.8, 4) is 0 Å². The normalized spacial score (nSPS) is 12.4. The van der Waals surface area contributed by atoms with E-state index in [0.717, 1.165) is 0 Å². The number of hydrogen-bond donors (Lipinski definition) is 2. The van der Waals surface area contributed by atoms with Gasteiger partial charge in [-0.15, -0.1) is 4.72 Å². The summed E-state index contributed by atoms with van der Waals surface area (Å²) in [6.07, 6.45) is 0. The van der Waals surface area contributed by atoms with Gasteiger partial charge in [0.2, 0.25) is 10.0 Å². The van der Waals surface area contributed by atoms with Crippen LogP contribution < -0.4 is 4.72 Å². The predicted molar refractivity (Wildman–Crippen MR) is 54.6 cm³/mol. The molecule has 0 unspecified atom stereocenters. The lowest BCUT2D eigenvalue weighted by atomic mass is 10.2. The number of carboxylic acid groups (broad SMARTS) is 1. The van der Waals surface area contributed by atoms with Gasteiger partial charge in [0.15, 0.2) is 12.5 Å². The van der Waals surface area contributed by atoms with Crippen molar-refractivity contribution in [2.24, 2.45) is 0 Å². The van der Waals surface area contributed by atoms with Crippen molar-refractivity contribution in [1.82, 2.24) is 4.72 Å². The molecule has 0 aliphatic carbocycles. The molecule has 0 radical (unpaired) electrons. The Morgan fingerprint density at radius 2 is 1.85 bits per heavy atom. The molecular formula is C9H6F5NO4S. The van der Waals surface area contributed by atoms with Gasteiger partial charge in [-0.2, -0.15) is 8.78 Å². The lowest BCUT2D eigenvalue weighted by Crippen LogP contribution is -2.43. The number of benzene rings is 1. The fourth-order valence-electron chi connectivity index (χ4n) is 1.22. The van der Waals surface area contributed by atoms with Gasteiger partial charge in [-0.05, 0) is 12.1 Å². The highest BCUT2D eigenvalue weighted by atomic mass is 32.2. The van der Waals surface area contributed by atoms with E-state index < -0.39 is 50.8 Å². The van der Waals surface area contributed by atoms with Crippen LogP contribution in [-0.4, -0.2) is 32.2 Å². The minimum Gasteiger partial charge on any atom is -0.477 e. The predicted octanol–water partition coefficient (Wildman–Crippen LogP) is 1.50. The van der Waals surface area contributed by atoms with Gasteiger partial charge in [0.25, 0.3) is 0 Å². The highest BCUT2D eigenvalue weighted by molar-refractivity contribution is 7.89. The molecule has 0 aliphatic rings. The van der Waals surface area contributed by atoms with Crippen LogP contribution in [-0.2, 0) is 10.0 Å². The minimum atomic E-state index is -5.28. The molecule has 1 aromatic carbocycles. The second-order valence-corrected chi connectivity index (χ2v) is 5.13. The Hall–Kier alpha value is -1.75. The number of sulfonamides is 1. The summed E-state index contributed by atoms with van der Waals surface area (Å²) in [6.45, 7) is -2.40. The zero-order chi connectivity index (χ0) is 15.7. The molecule has 1 aromatic rings. The van der Waals surface area contributed by atoms with Crippen LogP contribution >= 0.6 is 0 Å². The van der Waals surface area contributed by atoms with Gasteiger partial charge in [0.1, 0.15) is 16.3 Å². The first-order chi connectivity index (χ1) is 9.02. The molecule has 0 fully saturated rings. The highest BCUT2D eigenvalue weighted by Gasteiger charge is 2.37. The summed E-state index contributed by atoms with van der Waals surface area (Å²) in [5.74, 6) is -5.79. The molecule has 0 saturated heterocycles. The van der Waals surface area contributed by atoms with E-state index in [4.69, 9.17) is 5.11 Å². The van der Waals surface area contributed by atoms with Crippen LogP contribution in [0.5, 0.6) is 0 Å². The Bertz CT molecular complexity index is 646. The Morgan fingerprint density at radius 3 is 2.30 bits per heavy atom. The zero-order valence-corrected chi connectivity index (χ0v) is 10.1. The van der Waals surface area contributed by atoms with E-state index in [1.807, 2.05) is 0 Å². The Kier molecular flexibility index (Phi) is 4.34. The lowest BCUT2D eigenvalue weighted by Gasteiger charge is -2.15. The zero-order valence-electron chi connectivity index (χ0n) is 9.33. The van der Waals surface area contributed by atoms with Crippen molar-refractivity contribution in [1.29, 1.82) is 0 Å². The standard InChI is InChI=1S/C9H6F5NO4S/c10-3-9(13,14)15-20(18,19)5-2-1-4(11)6(7(5)12)8(16)17/h1-2,15H,3H2,(H,16,17). The number of carboxylic acids is 1. The van der Waals surface area contributed by atoms with Gasteiger partial charge in [-0.3, -0.25) is 0 Å². The maximum atomic E-state index is 13.6. The summed E-state index contributed by atoms with van der Waals surface area (Å²) in [6, 6.07) is -3.99. The molecule has 1 rings (SSSR count). The van der Waals surface area contributed by atoms with E-state index in [-0.39, 0.29) is 12.1 Å². The lowest BCUT2D eigenvalue weighted by molar-refractivity contribution is -0.0330. The second-order valence-electron chi connectivity index (χ2n) is 3.48. The van der Waals surface area contributed by atoms with Crippen molar-refractivity contribution < 1.29 is 40.3 Å².